The second-order valence-electron chi connectivity index (χ2n) is 7.65. The molecule has 1 heterocycles. The van der Waals surface area contributed by atoms with E-state index in [1.807, 2.05) is 17.0 Å². The molecule has 3 rings (SSSR count). The number of hydrogen-bond acceptors (Lipinski definition) is 3. The Bertz CT molecular complexity index is 737. The van der Waals surface area contributed by atoms with E-state index in [2.05, 4.69) is 18.6 Å². The molecule has 138 valence electrons. The maximum absolute atomic E-state index is 12.6. The molecule has 0 radical (unpaired) electrons. The fourth-order valence-electron chi connectivity index (χ4n) is 3.81. The Morgan fingerprint density at radius 3 is 2.56 bits per heavy atom. The second kappa shape index (κ2) is 7.36. The van der Waals surface area contributed by atoms with E-state index in [9.17, 15) is 13.2 Å². The Morgan fingerprint density at radius 1 is 1.16 bits per heavy atom. The second-order valence-corrected chi connectivity index (χ2v) is 9.61. The number of nitrogens with one attached hydrogen (secondary N) is 1. The first-order valence-corrected chi connectivity index (χ1v) is 10.9. The summed E-state index contributed by atoms with van der Waals surface area (Å²) in [6, 6.07) is 5.56. The summed E-state index contributed by atoms with van der Waals surface area (Å²) in [7, 11) is -3.34. The molecule has 0 bridgehead atoms. The highest BCUT2D eigenvalue weighted by atomic mass is 32.2. The van der Waals surface area contributed by atoms with Crippen molar-refractivity contribution in [2.24, 2.45) is 5.92 Å². The lowest BCUT2D eigenvalue weighted by Crippen LogP contribution is -2.37. The zero-order valence-electron chi connectivity index (χ0n) is 15.1. The van der Waals surface area contributed by atoms with Gasteiger partial charge in [0.25, 0.3) is 0 Å². The first-order valence-electron chi connectivity index (χ1n) is 9.32. The largest absolute Gasteiger partial charge is 0.312 e. The number of carbonyl (C=O) groups is 1. The van der Waals surface area contributed by atoms with Gasteiger partial charge in [-0.3, -0.25) is 9.52 Å². The van der Waals surface area contributed by atoms with Gasteiger partial charge in [0.15, 0.2) is 0 Å². The fraction of sp³-hybridized carbons (Fsp3) is 0.632. The van der Waals surface area contributed by atoms with E-state index in [0.29, 0.717) is 31.0 Å². The number of benzene rings is 1. The topological polar surface area (TPSA) is 66.5 Å². The smallest absolute Gasteiger partial charge is 0.235 e. The van der Waals surface area contributed by atoms with Gasteiger partial charge in [0.1, 0.15) is 0 Å². The molecule has 2 aliphatic rings. The van der Waals surface area contributed by atoms with Crippen LogP contribution in [0.1, 0.15) is 57.9 Å². The summed E-state index contributed by atoms with van der Waals surface area (Å²) in [5.74, 6) is 0.538. The van der Waals surface area contributed by atoms with Crippen LogP contribution in [0.25, 0.3) is 0 Å². The monoisotopic (exact) mass is 364 g/mol. The van der Waals surface area contributed by atoms with Crippen molar-refractivity contribution in [1.82, 2.24) is 0 Å². The van der Waals surface area contributed by atoms with Crippen molar-refractivity contribution in [3.63, 3.8) is 0 Å². The van der Waals surface area contributed by atoms with Crippen LogP contribution >= 0.6 is 0 Å². The van der Waals surface area contributed by atoms with Gasteiger partial charge in [-0.05, 0) is 48.9 Å². The van der Waals surface area contributed by atoms with Crippen molar-refractivity contribution in [2.45, 2.75) is 64.0 Å². The molecular formula is C19H28N2O3S. The van der Waals surface area contributed by atoms with Crippen molar-refractivity contribution >= 4 is 27.3 Å². The number of aryl methyl sites for hydroxylation is 1. The molecule has 0 saturated heterocycles. The molecule has 1 aliphatic carbocycles. The average molecular weight is 365 g/mol. The van der Waals surface area contributed by atoms with Gasteiger partial charge in [0.05, 0.1) is 5.25 Å². The molecule has 1 N–H and O–H groups in total. The Labute approximate surface area is 150 Å². The number of amides is 1. The molecule has 1 aromatic carbocycles. The van der Waals surface area contributed by atoms with Gasteiger partial charge in [0, 0.05) is 24.3 Å². The van der Waals surface area contributed by atoms with Crippen LogP contribution in [0.15, 0.2) is 18.2 Å². The van der Waals surface area contributed by atoms with E-state index in [1.54, 1.807) is 6.07 Å². The minimum atomic E-state index is -3.34. The van der Waals surface area contributed by atoms with Gasteiger partial charge >= 0.3 is 0 Å². The van der Waals surface area contributed by atoms with E-state index >= 15 is 0 Å². The molecule has 0 unspecified atom stereocenters. The summed E-state index contributed by atoms with van der Waals surface area (Å²) in [5, 5.41) is -0.281. The predicted molar refractivity (Wildman–Crippen MR) is 101 cm³/mol. The van der Waals surface area contributed by atoms with Crippen LogP contribution in [-0.2, 0) is 21.2 Å². The van der Waals surface area contributed by atoms with Crippen molar-refractivity contribution < 1.29 is 13.2 Å². The predicted octanol–water partition coefficient (Wildman–Crippen LogP) is 3.70. The number of anilines is 2. The Hall–Kier alpha value is -1.56. The third kappa shape index (κ3) is 4.17. The summed E-state index contributed by atoms with van der Waals surface area (Å²) < 4.78 is 28.0. The Balaban J connectivity index is 1.80. The number of hydrogen-bond donors (Lipinski definition) is 1. The third-order valence-corrected chi connectivity index (χ3v) is 6.95. The first-order chi connectivity index (χ1) is 11.9. The number of nitrogens with zero attached hydrogens (tertiary/aromatic N) is 1. The van der Waals surface area contributed by atoms with Crippen molar-refractivity contribution in [3.05, 3.63) is 23.8 Å². The highest BCUT2D eigenvalue weighted by Crippen LogP contribution is 2.32. The number of carbonyl (C=O) groups excluding carboxylic acids is 1. The minimum Gasteiger partial charge on any atom is -0.312 e. The number of fused-ring (bicyclic) bond motifs is 1. The van der Waals surface area contributed by atoms with Crippen molar-refractivity contribution in [2.75, 3.05) is 16.2 Å². The molecule has 0 spiro atoms. The van der Waals surface area contributed by atoms with E-state index in [1.165, 1.54) is 0 Å². The van der Waals surface area contributed by atoms with Crippen molar-refractivity contribution in [1.29, 1.82) is 0 Å². The maximum atomic E-state index is 12.6. The molecule has 0 aromatic heterocycles. The first kappa shape index (κ1) is 18.2. The van der Waals surface area contributed by atoms with Crippen LogP contribution in [0.5, 0.6) is 0 Å². The normalized spacial score (nSPS) is 19.2. The highest BCUT2D eigenvalue weighted by Gasteiger charge is 2.28. The Morgan fingerprint density at radius 2 is 1.88 bits per heavy atom. The maximum Gasteiger partial charge on any atom is 0.235 e. The van der Waals surface area contributed by atoms with Crippen molar-refractivity contribution in [3.8, 4) is 0 Å². The lowest BCUT2D eigenvalue weighted by Gasteiger charge is -2.31. The van der Waals surface area contributed by atoms with E-state index in [0.717, 1.165) is 43.4 Å². The third-order valence-electron chi connectivity index (χ3n) is 5.08. The standard InChI is InChI=1S/C19H28N2O3S/c1-14(2)13-21-18-10-9-16(12-15(18)8-11-19(21)22)20-25(23,24)17-6-4-3-5-7-17/h9-10,12,14,17,20H,3-8,11,13H2,1-2H3. The average Bonchev–Trinajstić information content (AvgIpc) is 2.58. The zero-order chi connectivity index (χ0) is 18.0. The quantitative estimate of drug-likeness (QED) is 0.866. The van der Waals surface area contributed by atoms with Crippen LogP contribution in [0.3, 0.4) is 0 Å². The van der Waals surface area contributed by atoms with Gasteiger partial charge in [-0.2, -0.15) is 0 Å². The molecule has 1 saturated carbocycles. The van der Waals surface area contributed by atoms with Crippen LogP contribution in [0.4, 0.5) is 11.4 Å². The lowest BCUT2D eigenvalue weighted by molar-refractivity contribution is -0.119. The highest BCUT2D eigenvalue weighted by molar-refractivity contribution is 7.93. The molecule has 6 heteroatoms. The molecular weight excluding hydrogens is 336 g/mol. The summed E-state index contributed by atoms with van der Waals surface area (Å²) in [5.41, 5.74) is 2.58. The molecule has 1 aliphatic heterocycles. The summed E-state index contributed by atoms with van der Waals surface area (Å²) in [6.45, 7) is 4.88. The zero-order valence-corrected chi connectivity index (χ0v) is 15.9. The van der Waals surface area contributed by atoms with Crippen LogP contribution in [0, 0.1) is 5.92 Å². The van der Waals surface area contributed by atoms with E-state index in [4.69, 9.17) is 0 Å². The minimum absolute atomic E-state index is 0.150. The fourth-order valence-corrected chi connectivity index (χ4v) is 5.39. The molecule has 1 fully saturated rings. The lowest BCUT2D eigenvalue weighted by atomic mass is 9.99. The van der Waals surface area contributed by atoms with Gasteiger partial charge in [-0.15, -0.1) is 0 Å². The van der Waals surface area contributed by atoms with Crippen LogP contribution in [-0.4, -0.2) is 26.1 Å². The van der Waals surface area contributed by atoms with Crippen LogP contribution in [0.2, 0.25) is 0 Å². The summed E-state index contributed by atoms with van der Waals surface area (Å²) in [4.78, 5) is 14.1. The summed E-state index contributed by atoms with van der Waals surface area (Å²) >= 11 is 0. The van der Waals surface area contributed by atoms with Gasteiger partial charge in [0.2, 0.25) is 15.9 Å². The van der Waals surface area contributed by atoms with Gasteiger partial charge < -0.3 is 4.90 Å². The number of sulfonamides is 1. The Kier molecular flexibility index (Phi) is 5.37. The van der Waals surface area contributed by atoms with E-state index < -0.39 is 10.0 Å². The molecule has 1 amide bonds. The summed E-state index contributed by atoms with van der Waals surface area (Å²) in [6.07, 6.45) is 5.75. The van der Waals surface area contributed by atoms with E-state index in [-0.39, 0.29) is 11.2 Å². The molecule has 0 atom stereocenters. The van der Waals surface area contributed by atoms with Gasteiger partial charge in [-0.1, -0.05) is 33.1 Å². The molecule has 25 heavy (non-hydrogen) atoms. The number of rotatable bonds is 5. The van der Waals surface area contributed by atoms with Crippen LogP contribution < -0.4 is 9.62 Å². The molecule has 1 aromatic rings. The molecule has 5 nitrogen and oxygen atoms in total. The SMILES string of the molecule is CC(C)CN1C(=O)CCc2cc(NS(=O)(=O)C3CCCCC3)ccc21. The van der Waals surface area contributed by atoms with Gasteiger partial charge in [-0.25, -0.2) is 8.42 Å².